The highest BCUT2D eigenvalue weighted by atomic mass is 35.5. The Morgan fingerprint density at radius 2 is 2.00 bits per heavy atom. The van der Waals surface area contributed by atoms with Crippen LogP contribution >= 0.6 is 11.6 Å². The van der Waals surface area contributed by atoms with Crippen LogP contribution in [0.2, 0.25) is 5.02 Å². The maximum atomic E-state index is 12.7. The van der Waals surface area contributed by atoms with Crippen LogP contribution in [-0.4, -0.2) is 25.3 Å². The van der Waals surface area contributed by atoms with Gasteiger partial charge in [-0.1, -0.05) is 11.6 Å². The van der Waals surface area contributed by atoms with Crippen LogP contribution in [0.5, 0.6) is 0 Å². The number of nitrogens with zero attached hydrogens (tertiary/aromatic N) is 2. The fraction of sp³-hybridized carbons (Fsp3) is 0.462. The Bertz CT molecular complexity index is 709. The standard InChI is InChI=1S/C13H12ClF3N2O2S/c14-12-4-1-10(13(15,16)17)7-9(12)8-22(20,21)19(6-5-18)11-2-3-11/h1,4,7,11H,2-3,6,8H2. The van der Waals surface area contributed by atoms with Gasteiger partial charge in [0.1, 0.15) is 6.54 Å². The third kappa shape index (κ3) is 3.91. The van der Waals surface area contributed by atoms with E-state index in [0.29, 0.717) is 12.8 Å². The van der Waals surface area contributed by atoms with Crippen molar-refractivity contribution in [1.82, 2.24) is 4.31 Å². The van der Waals surface area contributed by atoms with Crippen molar-refractivity contribution >= 4 is 21.6 Å². The van der Waals surface area contributed by atoms with Crippen LogP contribution in [0.4, 0.5) is 13.2 Å². The van der Waals surface area contributed by atoms with E-state index in [-0.39, 0.29) is 23.2 Å². The molecule has 1 aromatic rings. The summed E-state index contributed by atoms with van der Waals surface area (Å²) in [5, 5.41) is 8.67. The Morgan fingerprint density at radius 1 is 1.36 bits per heavy atom. The molecule has 0 N–H and O–H groups in total. The summed E-state index contributed by atoms with van der Waals surface area (Å²) < 4.78 is 63.8. The summed E-state index contributed by atoms with van der Waals surface area (Å²) in [4.78, 5) is 0. The Morgan fingerprint density at radius 3 is 2.50 bits per heavy atom. The number of hydrogen-bond donors (Lipinski definition) is 0. The van der Waals surface area contributed by atoms with Gasteiger partial charge in [0.05, 0.1) is 17.4 Å². The molecule has 120 valence electrons. The molecule has 4 nitrogen and oxygen atoms in total. The maximum absolute atomic E-state index is 12.7. The van der Waals surface area contributed by atoms with Crippen LogP contribution in [0.25, 0.3) is 0 Å². The predicted molar refractivity (Wildman–Crippen MR) is 74.4 cm³/mol. The van der Waals surface area contributed by atoms with Crippen molar-refractivity contribution in [1.29, 1.82) is 5.26 Å². The summed E-state index contributed by atoms with van der Waals surface area (Å²) in [5.41, 5.74) is -1.08. The summed E-state index contributed by atoms with van der Waals surface area (Å²) in [7, 11) is -3.90. The number of benzene rings is 1. The molecule has 0 spiro atoms. The molecule has 1 aliphatic carbocycles. The fourth-order valence-electron chi connectivity index (χ4n) is 2.03. The molecule has 9 heteroatoms. The number of nitriles is 1. The van der Waals surface area contributed by atoms with Gasteiger partial charge in [-0.15, -0.1) is 0 Å². The molecule has 0 amide bonds. The van der Waals surface area contributed by atoms with Crippen molar-refractivity contribution in [3.8, 4) is 6.07 Å². The summed E-state index contributed by atoms with van der Waals surface area (Å²) in [6.45, 7) is -0.316. The third-order valence-corrected chi connectivity index (χ3v) is 5.44. The minimum atomic E-state index is -4.58. The van der Waals surface area contributed by atoms with Gasteiger partial charge in [0.15, 0.2) is 0 Å². The first-order chi connectivity index (χ1) is 10.1. The number of halogens is 4. The molecule has 0 atom stereocenters. The second-order valence-electron chi connectivity index (χ2n) is 4.99. The fourth-order valence-corrected chi connectivity index (χ4v) is 4.01. The zero-order chi connectivity index (χ0) is 16.5. The summed E-state index contributed by atoms with van der Waals surface area (Å²) >= 11 is 5.81. The lowest BCUT2D eigenvalue weighted by molar-refractivity contribution is -0.137. The molecule has 0 heterocycles. The number of hydrogen-bond acceptors (Lipinski definition) is 3. The average molecular weight is 353 g/mol. The summed E-state index contributed by atoms with van der Waals surface area (Å²) in [5.74, 6) is -0.659. The Balaban J connectivity index is 2.31. The van der Waals surface area contributed by atoms with Crippen molar-refractivity contribution in [2.45, 2.75) is 30.8 Å². The van der Waals surface area contributed by atoms with Crippen LogP contribution in [0.1, 0.15) is 24.0 Å². The highest BCUT2D eigenvalue weighted by molar-refractivity contribution is 7.88. The molecular formula is C13H12ClF3N2O2S. The van der Waals surface area contributed by atoms with E-state index < -0.39 is 27.5 Å². The smallest absolute Gasteiger partial charge is 0.212 e. The van der Waals surface area contributed by atoms with Crippen molar-refractivity contribution in [2.24, 2.45) is 0 Å². The van der Waals surface area contributed by atoms with Gasteiger partial charge in [0.2, 0.25) is 10.0 Å². The van der Waals surface area contributed by atoms with Crippen LogP contribution in [0.15, 0.2) is 18.2 Å². The van der Waals surface area contributed by atoms with Crippen LogP contribution in [0.3, 0.4) is 0 Å². The molecule has 1 fully saturated rings. The predicted octanol–water partition coefficient (Wildman–Crippen LogP) is 3.18. The van der Waals surface area contributed by atoms with Crippen LogP contribution < -0.4 is 0 Å². The van der Waals surface area contributed by atoms with Gasteiger partial charge >= 0.3 is 6.18 Å². The highest BCUT2D eigenvalue weighted by Gasteiger charge is 2.38. The van der Waals surface area contributed by atoms with E-state index in [2.05, 4.69) is 0 Å². The molecular weight excluding hydrogens is 341 g/mol. The third-order valence-electron chi connectivity index (χ3n) is 3.25. The molecule has 0 saturated heterocycles. The Kier molecular flexibility index (Phi) is 4.70. The van der Waals surface area contributed by atoms with E-state index >= 15 is 0 Å². The van der Waals surface area contributed by atoms with Gasteiger partial charge in [-0.05, 0) is 36.6 Å². The molecule has 0 bridgehead atoms. The lowest BCUT2D eigenvalue weighted by Gasteiger charge is -2.19. The number of sulfonamides is 1. The minimum absolute atomic E-state index is 0.0516. The summed E-state index contributed by atoms with van der Waals surface area (Å²) in [6, 6.07) is 4.08. The van der Waals surface area contributed by atoms with Gasteiger partial charge in [-0.3, -0.25) is 0 Å². The highest BCUT2D eigenvalue weighted by Crippen LogP contribution is 2.34. The number of rotatable bonds is 5. The SMILES string of the molecule is N#CCN(C1CC1)S(=O)(=O)Cc1cc(C(F)(F)F)ccc1Cl. The molecule has 0 aromatic heterocycles. The van der Waals surface area contributed by atoms with Crippen molar-refractivity contribution < 1.29 is 21.6 Å². The van der Waals surface area contributed by atoms with Crippen LogP contribution in [-0.2, 0) is 22.0 Å². The average Bonchev–Trinajstić information content (AvgIpc) is 3.21. The monoisotopic (exact) mass is 352 g/mol. The minimum Gasteiger partial charge on any atom is -0.212 e. The Hall–Kier alpha value is -1.30. The quantitative estimate of drug-likeness (QED) is 0.765. The first-order valence-electron chi connectivity index (χ1n) is 6.37. The van der Waals surface area contributed by atoms with E-state index in [1.165, 1.54) is 0 Å². The van der Waals surface area contributed by atoms with E-state index in [1.807, 2.05) is 0 Å². The van der Waals surface area contributed by atoms with E-state index in [4.69, 9.17) is 16.9 Å². The number of alkyl halides is 3. The molecule has 0 unspecified atom stereocenters. The molecule has 0 aliphatic heterocycles. The largest absolute Gasteiger partial charge is 0.416 e. The summed E-state index contributed by atoms with van der Waals surface area (Å²) in [6.07, 6.45) is -3.28. The van der Waals surface area contributed by atoms with Gasteiger partial charge in [0, 0.05) is 11.1 Å². The van der Waals surface area contributed by atoms with E-state index in [1.54, 1.807) is 6.07 Å². The zero-order valence-corrected chi connectivity index (χ0v) is 12.8. The van der Waals surface area contributed by atoms with E-state index in [9.17, 15) is 21.6 Å². The molecule has 0 radical (unpaired) electrons. The van der Waals surface area contributed by atoms with Gasteiger partial charge in [-0.2, -0.15) is 22.7 Å². The van der Waals surface area contributed by atoms with Gasteiger partial charge < -0.3 is 0 Å². The first-order valence-corrected chi connectivity index (χ1v) is 8.36. The first kappa shape index (κ1) is 17.1. The van der Waals surface area contributed by atoms with Gasteiger partial charge in [-0.25, -0.2) is 8.42 Å². The van der Waals surface area contributed by atoms with E-state index in [0.717, 1.165) is 22.5 Å². The van der Waals surface area contributed by atoms with Crippen LogP contribution in [0, 0.1) is 11.3 Å². The second-order valence-corrected chi connectivity index (χ2v) is 7.32. The molecule has 2 rings (SSSR count). The lowest BCUT2D eigenvalue weighted by Crippen LogP contribution is -2.34. The molecule has 1 aliphatic rings. The maximum Gasteiger partial charge on any atom is 0.416 e. The topological polar surface area (TPSA) is 61.2 Å². The van der Waals surface area contributed by atoms with Crippen molar-refractivity contribution in [2.75, 3.05) is 6.54 Å². The van der Waals surface area contributed by atoms with Crippen molar-refractivity contribution in [3.05, 3.63) is 34.3 Å². The molecule has 22 heavy (non-hydrogen) atoms. The van der Waals surface area contributed by atoms with Crippen molar-refractivity contribution in [3.63, 3.8) is 0 Å². The normalized spacial score (nSPS) is 15.8. The Labute approximate surface area is 131 Å². The second kappa shape index (κ2) is 6.07. The molecule has 1 aromatic carbocycles. The zero-order valence-electron chi connectivity index (χ0n) is 11.3. The van der Waals surface area contributed by atoms with Gasteiger partial charge in [0.25, 0.3) is 0 Å². The molecule has 1 saturated carbocycles. The lowest BCUT2D eigenvalue weighted by atomic mass is 10.1.